The number of rotatable bonds is 5. The summed E-state index contributed by atoms with van der Waals surface area (Å²) in [6, 6.07) is -0.933. The number of morpholine rings is 1. The maximum atomic E-state index is 12.6. The number of nitrogens with zero attached hydrogens (tertiary/aromatic N) is 2. The summed E-state index contributed by atoms with van der Waals surface area (Å²) < 4.78 is 48.2. The van der Waals surface area contributed by atoms with E-state index >= 15 is 0 Å². The number of carbonyl (C=O) groups is 1. The highest BCUT2D eigenvalue weighted by molar-refractivity contribution is 5.82. The molecule has 0 bridgehead atoms. The van der Waals surface area contributed by atoms with Gasteiger partial charge in [-0.2, -0.15) is 13.2 Å². The molecule has 1 N–H and O–H groups in total. The normalized spacial score (nSPS) is 20.8. The minimum atomic E-state index is -4.35. The number of aryl methyl sites for hydroxylation is 2. The molecule has 1 fully saturated rings. The molecule has 0 aliphatic carbocycles. The average molecular weight is 349 g/mol. The molecular formula is C15H22F3N3O3. The van der Waals surface area contributed by atoms with E-state index in [2.05, 4.69) is 10.5 Å². The maximum absolute atomic E-state index is 12.6. The fraction of sp³-hybridized carbons (Fsp3) is 0.733. The topological polar surface area (TPSA) is 67.6 Å². The molecule has 1 saturated heterocycles. The number of halogens is 3. The Labute approximate surface area is 138 Å². The van der Waals surface area contributed by atoms with Crippen molar-refractivity contribution in [3.05, 3.63) is 17.0 Å². The van der Waals surface area contributed by atoms with Gasteiger partial charge in [0.25, 0.3) is 0 Å². The summed E-state index contributed by atoms with van der Waals surface area (Å²) in [7, 11) is 0. The number of hydrogen-bond acceptors (Lipinski definition) is 5. The number of amides is 1. The molecule has 1 aromatic heterocycles. The lowest BCUT2D eigenvalue weighted by molar-refractivity contribution is -0.166. The Morgan fingerprint density at radius 1 is 1.46 bits per heavy atom. The van der Waals surface area contributed by atoms with Crippen molar-refractivity contribution in [3.63, 3.8) is 0 Å². The highest BCUT2D eigenvalue weighted by Crippen LogP contribution is 2.23. The molecule has 1 aliphatic rings. The van der Waals surface area contributed by atoms with Gasteiger partial charge in [-0.25, -0.2) is 0 Å². The van der Waals surface area contributed by atoms with Gasteiger partial charge >= 0.3 is 6.18 Å². The summed E-state index contributed by atoms with van der Waals surface area (Å²) in [6.45, 7) is 4.90. The predicted molar refractivity (Wildman–Crippen MR) is 79.6 cm³/mol. The van der Waals surface area contributed by atoms with Crippen molar-refractivity contribution >= 4 is 5.91 Å². The monoisotopic (exact) mass is 349 g/mol. The number of carbonyl (C=O) groups excluding carboxylic acids is 1. The van der Waals surface area contributed by atoms with E-state index < -0.39 is 24.7 Å². The van der Waals surface area contributed by atoms with Crippen molar-refractivity contribution in [2.45, 2.75) is 38.9 Å². The maximum Gasteiger partial charge on any atom is 0.401 e. The molecule has 2 atom stereocenters. The fourth-order valence-electron chi connectivity index (χ4n) is 2.97. The summed E-state index contributed by atoms with van der Waals surface area (Å²) in [5.41, 5.74) is 1.65. The molecule has 0 radical (unpaired) electrons. The largest absolute Gasteiger partial charge is 0.401 e. The Morgan fingerprint density at radius 2 is 2.17 bits per heavy atom. The number of alkyl halides is 3. The van der Waals surface area contributed by atoms with E-state index in [4.69, 9.17) is 9.26 Å². The Bertz CT molecular complexity index is 555. The van der Waals surface area contributed by atoms with E-state index in [1.165, 1.54) is 0 Å². The molecule has 9 heteroatoms. The second-order valence-electron chi connectivity index (χ2n) is 6.06. The van der Waals surface area contributed by atoms with Crippen LogP contribution in [-0.2, 0) is 9.53 Å². The van der Waals surface area contributed by atoms with Crippen molar-refractivity contribution in [1.29, 1.82) is 0 Å². The van der Waals surface area contributed by atoms with Crippen LogP contribution in [0.5, 0.6) is 0 Å². The van der Waals surface area contributed by atoms with Crippen LogP contribution in [-0.4, -0.2) is 61.0 Å². The third-order valence-corrected chi connectivity index (χ3v) is 4.09. The van der Waals surface area contributed by atoms with Crippen molar-refractivity contribution in [2.75, 3.05) is 32.8 Å². The zero-order valence-corrected chi connectivity index (χ0v) is 13.9. The van der Waals surface area contributed by atoms with Crippen LogP contribution in [0.25, 0.3) is 0 Å². The number of ether oxygens (including phenoxy) is 1. The van der Waals surface area contributed by atoms with Gasteiger partial charge in [-0.15, -0.1) is 0 Å². The van der Waals surface area contributed by atoms with Crippen LogP contribution in [0.1, 0.15) is 29.9 Å². The fourth-order valence-corrected chi connectivity index (χ4v) is 2.97. The van der Waals surface area contributed by atoms with Gasteiger partial charge in [-0.05, 0) is 13.8 Å². The quantitative estimate of drug-likeness (QED) is 0.878. The van der Waals surface area contributed by atoms with Gasteiger partial charge in [0.2, 0.25) is 5.91 Å². The first kappa shape index (κ1) is 18.7. The minimum absolute atomic E-state index is 0.0401. The molecule has 0 spiro atoms. The van der Waals surface area contributed by atoms with Gasteiger partial charge in [0, 0.05) is 24.6 Å². The standard InChI is InChI=1S/C15H22F3N3O3/c1-9(13-10(2)20-24-11(13)3)6-19-14(22)12-7-23-5-4-21(12)8-15(16,17)18/h9,12H,4-8H2,1-3H3,(H,19,22)/t9-,12-/m0/s1. The van der Waals surface area contributed by atoms with Crippen LogP contribution in [0.4, 0.5) is 13.2 Å². The Morgan fingerprint density at radius 3 is 2.75 bits per heavy atom. The molecule has 0 aromatic carbocycles. The lowest BCUT2D eigenvalue weighted by atomic mass is 9.99. The third kappa shape index (κ3) is 4.70. The van der Waals surface area contributed by atoms with Gasteiger partial charge in [0.1, 0.15) is 11.8 Å². The van der Waals surface area contributed by atoms with Crippen LogP contribution in [0.3, 0.4) is 0 Å². The molecule has 6 nitrogen and oxygen atoms in total. The molecule has 1 aromatic rings. The number of hydrogen-bond donors (Lipinski definition) is 1. The number of nitrogens with one attached hydrogen (secondary N) is 1. The first-order valence-corrected chi connectivity index (χ1v) is 7.78. The molecule has 136 valence electrons. The van der Waals surface area contributed by atoms with E-state index in [0.29, 0.717) is 5.76 Å². The molecule has 0 saturated carbocycles. The second-order valence-corrected chi connectivity index (χ2v) is 6.06. The first-order valence-electron chi connectivity index (χ1n) is 7.78. The number of aromatic nitrogens is 1. The van der Waals surface area contributed by atoms with Gasteiger partial charge in [-0.1, -0.05) is 12.1 Å². The lowest BCUT2D eigenvalue weighted by Crippen LogP contribution is -2.56. The van der Waals surface area contributed by atoms with Crippen molar-refractivity contribution in [3.8, 4) is 0 Å². The van der Waals surface area contributed by atoms with E-state index in [1.807, 2.05) is 13.8 Å². The van der Waals surface area contributed by atoms with Crippen molar-refractivity contribution < 1.29 is 27.2 Å². The van der Waals surface area contributed by atoms with Crippen LogP contribution < -0.4 is 5.32 Å². The molecule has 2 heterocycles. The zero-order valence-electron chi connectivity index (χ0n) is 13.9. The lowest BCUT2D eigenvalue weighted by Gasteiger charge is -2.35. The van der Waals surface area contributed by atoms with Gasteiger partial charge < -0.3 is 14.6 Å². The van der Waals surface area contributed by atoms with Crippen molar-refractivity contribution in [1.82, 2.24) is 15.4 Å². The highest BCUT2D eigenvalue weighted by Gasteiger charge is 2.38. The third-order valence-electron chi connectivity index (χ3n) is 4.09. The van der Waals surface area contributed by atoms with E-state index in [-0.39, 0.29) is 32.2 Å². The van der Waals surface area contributed by atoms with Crippen molar-refractivity contribution in [2.24, 2.45) is 0 Å². The first-order chi connectivity index (χ1) is 11.2. The van der Waals surface area contributed by atoms with E-state index in [0.717, 1.165) is 16.2 Å². The van der Waals surface area contributed by atoms with Gasteiger partial charge in [0.05, 0.1) is 25.5 Å². The van der Waals surface area contributed by atoms with Gasteiger partial charge in [-0.3, -0.25) is 9.69 Å². The zero-order chi connectivity index (χ0) is 17.9. The summed E-state index contributed by atoms with van der Waals surface area (Å²) in [5.74, 6) is 0.160. The summed E-state index contributed by atoms with van der Waals surface area (Å²) in [6.07, 6.45) is -4.35. The minimum Gasteiger partial charge on any atom is -0.378 e. The summed E-state index contributed by atoms with van der Waals surface area (Å²) in [4.78, 5) is 13.4. The Balaban J connectivity index is 1.95. The van der Waals surface area contributed by atoms with E-state index in [1.54, 1.807) is 6.92 Å². The van der Waals surface area contributed by atoms with Gasteiger partial charge in [0.15, 0.2) is 0 Å². The van der Waals surface area contributed by atoms with E-state index in [9.17, 15) is 18.0 Å². The summed E-state index contributed by atoms with van der Waals surface area (Å²) >= 11 is 0. The predicted octanol–water partition coefficient (Wildman–Crippen LogP) is 1.77. The molecule has 0 unspecified atom stereocenters. The average Bonchev–Trinajstić information content (AvgIpc) is 2.82. The molecule has 24 heavy (non-hydrogen) atoms. The molecular weight excluding hydrogens is 327 g/mol. The van der Waals surface area contributed by atoms with Crippen LogP contribution in [0.2, 0.25) is 0 Å². The molecule has 1 aliphatic heterocycles. The highest BCUT2D eigenvalue weighted by atomic mass is 19.4. The molecule has 1 amide bonds. The second kappa shape index (κ2) is 7.52. The summed E-state index contributed by atoms with van der Waals surface area (Å²) in [5, 5.41) is 6.58. The van der Waals surface area contributed by atoms with Crippen LogP contribution >= 0.6 is 0 Å². The Hall–Kier alpha value is -1.61. The van der Waals surface area contributed by atoms with Crippen LogP contribution in [0.15, 0.2) is 4.52 Å². The SMILES string of the molecule is Cc1noc(C)c1[C@@H](C)CNC(=O)[C@@H]1COCCN1CC(F)(F)F. The van der Waals surface area contributed by atoms with Crippen LogP contribution in [0, 0.1) is 13.8 Å². The smallest absolute Gasteiger partial charge is 0.378 e. The molecule has 2 rings (SSSR count). The Kier molecular flexibility index (Phi) is 5.87.